The van der Waals surface area contributed by atoms with E-state index in [2.05, 4.69) is 23.8 Å². The van der Waals surface area contributed by atoms with Crippen molar-refractivity contribution >= 4 is 5.71 Å². The molecule has 0 amide bonds. The molecule has 1 aliphatic heterocycles. The van der Waals surface area contributed by atoms with Crippen molar-refractivity contribution in [2.45, 2.75) is 46.5 Å². The maximum atomic E-state index is 5.46. The van der Waals surface area contributed by atoms with Gasteiger partial charge >= 0.3 is 0 Å². The van der Waals surface area contributed by atoms with Gasteiger partial charge in [0.25, 0.3) is 0 Å². The van der Waals surface area contributed by atoms with Crippen molar-refractivity contribution in [1.82, 2.24) is 5.32 Å². The van der Waals surface area contributed by atoms with Gasteiger partial charge < -0.3 is 11.1 Å². The van der Waals surface area contributed by atoms with Crippen molar-refractivity contribution in [3.8, 4) is 0 Å². The molecular weight excluding hydrogens is 210 g/mol. The van der Waals surface area contributed by atoms with Crippen LogP contribution >= 0.6 is 0 Å². The fourth-order valence-corrected chi connectivity index (χ4v) is 1.63. The Labute approximate surface area is 106 Å². The summed E-state index contributed by atoms with van der Waals surface area (Å²) < 4.78 is 0. The van der Waals surface area contributed by atoms with Crippen LogP contribution in [0.3, 0.4) is 0 Å². The van der Waals surface area contributed by atoms with Gasteiger partial charge in [0.05, 0.1) is 0 Å². The second kappa shape index (κ2) is 10.1. The van der Waals surface area contributed by atoms with E-state index < -0.39 is 0 Å². The zero-order valence-corrected chi connectivity index (χ0v) is 11.6. The molecule has 0 aromatic carbocycles. The number of hydrogen-bond acceptors (Lipinski definition) is 3. The van der Waals surface area contributed by atoms with Gasteiger partial charge in [-0.15, -0.1) is 0 Å². The third-order valence-electron chi connectivity index (χ3n) is 2.51. The van der Waals surface area contributed by atoms with Crippen LogP contribution in [-0.4, -0.2) is 18.8 Å². The lowest BCUT2D eigenvalue weighted by Gasteiger charge is -2.17. The number of hydrogen-bond donors (Lipinski definition) is 2. The van der Waals surface area contributed by atoms with Crippen molar-refractivity contribution in [2.24, 2.45) is 10.7 Å². The van der Waals surface area contributed by atoms with Crippen LogP contribution in [0.5, 0.6) is 0 Å². The van der Waals surface area contributed by atoms with E-state index in [1.807, 2.05) is 19.9 Å². The van der Waals surface area contributed by atoms with E-state index in [0.29, 0.717) is 0 Å². The molecule has 0 aromatic rings. The Balaban J connectivity index is 0.00000121. The van der Waals surface area contributed by atoms with Crippen LogP contribution in [0.25, 0.3) is 0 Å². The van der Waals surface area contributed by atoms with Crippen LogP contribution < -0.4 is 11.1 Å². The van der Waals surface area contributed by atoms with Crippen LogP contribution in [0, 0.1) is 0 Å². The SMILES string of the molecule is C=CC1=C(/N=C(\C)CCCN)NCCC1.CC. The van der Waals surface area contributed by atoms with Crippen LogP contribution in [0.1, 0.15) is 46.5 Å². The van der Waals surface area contributed by atoms with Gasteiger partial charge in [-0.05, 0) is 44.7 Å². The van der Waals surface area contributed by atoms with Crippen LogP contribution in [0.15, 0.2) is 29.0 Å². The number of nitrogens with one attached hydrogen (secondary N) is 1. The molecule has 0 aliphatic carbocycles. The Kier molecular flexibility index (Phi) is 9.44. The molecule has 17 heavy (non-hydrogen) atoms. The van der Waals surface area contributed by atoms with Crippen molar-refractivity contribution < 1.29 is 0 Å². The largest absolute Gasteiger partial charge is 0.370 e. The molecule has 0 fully saturated rings. The fraction of sp³-hybridized carbons (Fsp3) is 0.643. The summed E-state index contributed by atoms with van der Waals surface area (Å²) in [7, 11) is 0. The molecular formula is C14H27N3. The molecule has 98 valence electrons. The molecule has 0 unspecified atom stereocenters. The Morgan fingerprint density at radius 1 is 1.53 bits per heavy atom. The van der Waals surface area contributed by atoms with E-state index in [1.54, 1.807) is 0 Å². The second-order valence-electron chi connectivity index (χ2n) is 3.85. The summed E-state index contributed by atoms with van der Waals surface area (Å²) in [6, 6.07) is 0. The molecule has 3 nitrogen and oxygen atoms in total. The average molecular weight is 237 g/mol. The Hall–Kier alpha value is -1.09. The van der Waals surface area contributed by atoms with Gasteiger partial charge in [-0.1, -0.05) is 26.5 Å². The minimum absolute atomic E-state index is 0.730. The first kappa shape index (κ1) is 15.9. The molecule has 1 aliphatic rings. The third-order valence-corrected chi connectivity index (χ3v) is 2.51. The standard InChI is InChI=1S/C12H21N3.C2H6/c1-3-11-7-5-9-14-12(11)15-10(2)6-4-8-13;1-2/h3,14H,1,4-9,13H2,2H3;1-2H3/b15-10+;. The van der Waals surface area contributed by atoms with Gasteiger partial charge in [-0.3, -0.25) is 0 Å². The average Bonchev–Trinajstić information content (AvgIpc) is 2.39. The van der Waals surface area contributed by atoms with Crippen LogP contribution in [0.4, 0.5) is 0 Å². The summed E-state index contributed by atoms with van der Waals surface area (Å²) in [6.07, 6.45) is 6.14. The summed E-state index contributed by atoms with van der Waals surface area (Å²) in [5.74, 6) is 1.01. The van der Waals surface area contributed by atoms with E-state index >= 15 is 0 Å². The lowest BCUT2D eigenvalue weighted by Crippen LogP contribution is -2.20. The molecule has 0 saturated carbocycles. The molecule has 0 spiro atoms. The monoisotopic (exact) mass is 237 g/mol. The van der Waals surface area contributed by atoms with Gasteiger partial charge in [0, 0.05) is 12.3 Å². The predicted octanol–water partition coefficient (Wildman–Crippen LogP) is 2.99. The minimum atomic E-state index is 0.730. The Morgan fingerprint density at radius 2 is 2.24 bits per heavy atom. The molecule has 0 bridgehead atoms. The smallest absolute Gasteiger partial charge is 0.129 e. The van der Waals surface area contributed by atoms with Crippen LogP contribution in [-0.2, 0) is 0 Å². The van der Waals surface area contributed by atoms with Crippen molar-refractivity contribution in [3.05, 3.63) is 24.0 Å². The highest BCUT2D eigenvalue weighted by Gasteiger charge is 2.08. The van der Waals surface area contributed by atoms with Gasteiger partial charge in [0.2, 0.25) is 0 Å². The number of aliphatic imine (C=N–C) groups is 1. The number of nitrogens with two attached hydrogens (primary N) is 1. The molecule has 0 saturated heterocycles. The normalized spacial score (nSPS) is 15.9. The number of rotatable bonds is 5. The molecule has 1 rings (SSSR count). The second-order valence-corrected chi connectivity index (χ2v) is 3.85. The van der Waals surface area contributed by atoms with E-state index in [-0.39, 0.29) is 0 Å². The molecule has 0 atom stereocenters. The first-order valence-electron chi connectivity index (χ1n) is 6.61. The molecule has 3 N–H and O–H groups in total. The number of nitrogens with zero attached hydrogens (tertiary/aromatic N) is 1. The lowest BCUT2D eigenvalue weighted by atomic mass is 10.1. The fourth-order valence-electron chi connectivity index (χ4n) is 1.63. The maximum absolute atomic E-state index is 5.46. The summed E-state index contributed by atoms with van der Waals surface area (Å²) in [4.78, 5) is 4.58. The Morgan fingerprint density at radius 3 is 2.82 bits per heavy atom. The predicted molar refractivity (Wildman–Crippen MR) is 77.2 cm³/mol. The van der Waals surface area contributed by atoms with Crippen molar-refractivity contribution in [3.63, 3.8) is 0 Å². The molecule has 3 heteroatoms. The maximum Gasteiger partial charge on any atom is 0.129 e. The van der Waals surface area contributed by atoms with E-state index in [0.717, 1.165) is 43.9 Å². The van der Waals surface area contributed by atoms with Gasteiger partial charge in [-0.2, -0.15) is 0 Å². The first-order valence-corrected chi connectivity index (χ1v) is 6.61. The van der Waals surface area contributed by atoms with E-state index in [4.69, 9.17) is 5.73 Å². The van der Waals surface area contributed by atoms with E-state index in [9.17, 15) is 0 Å². The summed E-state index contributed by atoms with van der Waals surface area (Å²) in [5.41, 5.74) is 7.84. The molecule has 0 aromatic heterocycles. The van der Waals surface area contributed by atoms with Gasteiger partial charge in [0.15, 0.2) is 0 Å². The van der Waals surface area contributed by atoms with Gasteiger partial charge in [-0.25, -0.2) is 4.99 Å². The lowest BCUT2D eigenvalue weighted by molar-refractivity contribution is 0.664. The highest BCUT2D eigenvalue weighted by atomic mass is 15.0. The van der Waals surface area contributed by atoms with Gasteiger partial charge in [0.1, 0.15) is 5.82 Å². The highest BCUT2D eigenvalue weighted by Crippen LogP contribution is 2.16. The summed E-state index contributed by atoms with van der Waals surface area (Å²) in [6.45, 7) is 11.6. The quantitative estimate of drug-likeness (QED) is 0.722. The first-order chi connectivity index (χ1) is 8.27. The number of allylic oxidation sites excluding steroid dienone is 2. The highest BCUT2D eigenvalue weighted by molar-refractivity contribution is 5.82. The summed E-state index contributed by atoms with van der Waals surface area (Å²) >= 11 is 0. The topological polar surface area (TPSA) is 50.4 Å². The summed E-state index contributed by atoms with van der Waals surface area (Å²) in [5, 5.41) is 3.32. The van der Waals surface area contributed by atoms with Crippen molar-refractivity contribution in [1.29, 1.82) is 0 Å². The molecule has 1 heterocycles. The Bertz CT molecular complexity index is 277. The van der Waals surface area contributed by atoms with Crippen molar-refractivity contribution in [2.75, 3.05) is 13.1 Å². The molecule has 0 radical (unpaired) electrons. The zero-order chi connectivity index (χ0) is 13.1. The minimum Gasteiger partial charge on any atom is -0.370 e. The third kappa shape index (κ3) is 6.27. The van der Waals surface area contributed by atoms with Crippen LogP contribution in [0.2, 0.25) is 0 Å². The van der Waals surface area contributed by atoms with E-state index in [1.165, 1.54) is 12.0 Å². The zero-order valence-electron chi connectivity index (χ0n) is 11.6.